The highest BCUT2D eigenvalue weighted by Gasteiger charge is 2.46. The van der Waals surface area contributed by atoms with Crippen LogP contribution >= 0.6 is 0 Å². The van der Waals surface area contributed by atoms with Gasteiger partial charge < -0.3 is 16.6 Å². The Morgan fingerprint density at radius 1 is 1.27 bits per heavy atom. The van der Waals surface area contributed by atoms with E-state index in [2.05, 4.69) is 0 Å². The minimum atomic E-state index is -0.804. The first kappa shape index (κ1) is 10.9. The third kappa shape index (κ3) is 2.30. The van der Waals surface area contributed by atoms with E-state index in [4.69, 9.17) is 16.6 Å². The van der Waals surface area contributed by atoms with Crippen LogP contribution in [0.2, 0.25) is 0 Å². The molecule has 2 fully saturated rings. The summed E-state index contributed by atoms with van der Waals surface area (Å²) in [6.45, 7) is 1.38. The van der Waals surface area contributed by atoms with Gasteiger partial charge in [0, 0.05) is 24.2 Å². The number of hydrogen-bond acceptors (Lipinski definition) is 4. The number of nitrogens with zero attached hydrogens (tertiary/aromatic N) is 1. The molecule has 0 aromatic heterocycles. The molecule has 5 heteroatoms. The third-order valence-corrected chi connectivity index (χ3v) is 3.49. The van der Waals surface area contributed by atoms with Crippen molar-refractivity contribution in [3.8, 4) is 0 Å². The van der Waals surface area contributed by atoms with Crippen LogP contribution in [0, 0.1) is 0 Å². The number of carboxylic acid groups (broad SMARTS) is 1. The maximum atomic E-state index is 10.7. The molecule has 2 bridgehead atoms. The van der Waals surface area contributed by atoms with E-state index in [1.165, 1.54) is 0 Å². The summed E-state index contributed by atoms with van der Waals surface area (Å²) >= 11 is 0. The van der Waals surface area contributed by atoms with Gasteiger partial charge in [-0.25, -0.2) is 0 Å². The fraction of sp³-hybridized carbons (Fsp3) is 0.900. The Balaban J connectivity index is 2.10. The summed E-state index contributed by atoms with van der Waals surface area (Å²) in [6, 6.07) is 0. The van der Waals surface area contributed by atoms with Gasteiger partial charge in [0.15, 0.2) is 0 Å². The van der Waals surface area contributed by atoms with Crippen molar-refractivity contribution in [2.75, 3.05) is 19.6 Å². The largest absolute Gasteiger partial charge is 0.480 e. The average Bonchev–Trinajstić information content (AvgIpc) is 1.97. The summed E-state index contributed by atoms with van der Waals surface area (Å²) in [6.07, 6.45) is 3.81. The van der Waals surface area contributed by atoms with Gasteiger partial charge in [-0.15, -0.1) is 0 Å². The molecule has 0 radical (unpaired) electrons. The number of hydrogen-bond donors (Lipinski definition) is 3. The Morgan fingerprint density at radius 3 is 2.27 bits per heavy atom. The van der Waals surface area contributed by atoms with Crippen molar-refractivity contribution >= 4 is 5.97 Å². The molecule has 1 heterocycles. The van der Waals surface area contributed by atoms with Crippen LogP contribution in [0.1, 0.15) is 25.7 Å². The topological polar surface area (TPSA) is 92.6 Å². The predicted octanol–water partition coefficient (Wildman–Crippen LogP) is -0.644. The average molecular weight is 213 g/mol. The van der Waals surface area contributed by atoms with Gasteiger partial charge in [0.1, 0.15) is 0 Å². The number of carboxylic acids is 1. The van der Waals surface area contributed by atoms with Gasteiger partial charge in [0.2, 0.25) is 0 Å². The molecule has 0 aromatic carbocycles. The van der Waals surface area contributed by atoms with Gasteiger partial charge in [0.25, 0.3) is 0 Å². The van der Waals surface area contributed by atoms with Crippen molar-refractivity contribution in [3.63, 3.8) is 0 Å². The highest BCUT2D eigenvalue weighted by atomic mass is 16.4. The van der Waals surface area contributed by atoms with Crippen LogP contribution in [0.4, 0.5) is 0 Å². The van der Waals surface area contributed by atoms with Gasteiger partial charge in [0.05, 0.1) is 6.54 Å². The molecule has 2 rings (SSSR count). The number of aliphatic carboxylic acids is 1. The molecule has 0 aromatic rings. The van der Waals surface area contributed by atoms with Crippen molar-refractivity contribution < 1.29 is 9.90 Å². The lowest BCUT2D eigenvalue weighted by Gasteiger charge is -2.52. The summed E-state index contributed by atoms with van der Waals surface area (Å²) in [5.74, 6) is -0.804. The molecule has 2 aliphatic rings. The smallest absolute Gasteiger partial charge is 0.317 e. The van der Waals surface area contributed by atoms with Gasteiger partial charge in [-0.3, -0.25) is 9.69 Å². The van der Waals surface area contributed by atoms with Crippen LogP contribution in [-0.2, 0) is 4.79 Å². The zero-order valence-corrected chi connectivity index (χ0v) is 8.91. The number of nitrogens with two attached hydrogens (primary N) is 2. The lowest BCUT2D eigenvalue weighted by atomic mass is 9.69. The molecule has 0 spiro atoms. The second-order valence-corrected chi connectivity index (χ2v) is 5.29. The van der Waals surface area contributed by atoms with Crippen molar-refractivity contribution in [1.29, 1.82) is 0 Å². The van der Waals surface area contributed by atoms with Crippen molar-refractivity contribution in [1.82, 2.24) is 4.90 Å². The van der Waals surface area contributed by atoms with E-state index in [1.807, 2.05) is 4.90 Å². The van der Waals surface area contributed by atoms with E-state index in [-0.39, 0.29) is 17.6 Å². The zero-order chi connectivity index (χ0) is 11.1. The number of piperidine rings is 1. The van der Waals surface area contributed by atoms with Crippen molar-refractivity contribution in [3.05, 3.63) is 0 Å². The molecule has 0 amide bonds. The first-order valence-corrected chi connectivity index (χ1v) is 5.43. The Morgan fingerprint density at radius 2 is 1.80 bits per heavy atom. The number of fused-ring (bicyclic) bond motifs is 2. The second-order valence-electron chi connectivity index (χ2n) is 5.29. The fourth-order valence-corrected chi connectivity index (χ4v) is 3.19. The number of rotatable bonds is 2. The van der Waals surface area contributed by atoms with Gasteiger partial charge >= 0.3 is 5.97 Å². The molecule has 2 atom stereocenters. The van der Waals surface area contributed by atoms with Crippen LogP contribution in [0.15, 0.2) is 0 Å². The lowest BCUT2D eigenvalue weighted by Crippen LogP contribution is -2.69. The van der Waals surface area contributed by atoms with Crippen LogP contribution in [-0.4, -0.2) is 46.7 Å². The quantitative estimate of drug-likeness (QED) is 0.567. The molecular weight excluding hydrogens is 194 g/mol. The molecular formula is C10H19N3O2. The van der Waals surface area contributed by atoms with E-state index < -0.39 is 5.97 Å². The van der Waals surface area contributed by atoms with Crippen molar-refractivity contribution in [2.45, 2.75) is 36.8 Å². The Labute approximate surface area is 89.4 Å². The SMILES string of the molecule is NC12CCCC(N)(CN(CC(=O)O)C1)C2. The standard InChI is InChI=1S/C10H19N3O2/c11-9-2-1-3-10(12,5-9)7-13(6-9)4-8(14)15/h1-7,11-12H2,(H,14,15). The summed E-state index contributed by atoms with van der Waals surface area (Å²) in [4.78, 5) is 12.6. The van der Waals surface area contributed by atoms with E-state index in [9.17, 15) is 4.79 Å². The zero-order valence-electron chi connectivity index (χ0n) is 8.91. The molecule has 2 unspecified atom stereocenters. The maximum Gasteiger partial charge on any atom is 0.317 e. The maximum absolute atomic E-state index is 10.7. The first-order chi connectivity index (χ1) is 6.91. The normalized spacial score (nSPS) is 41.5. The van der Waals surface area contributed by atoms with Crippen LogP contribution < -0.4 is 11.5 Å². The summed E-state index contributed by atoms with van der Waals surface area (Å²) < 4.78 is 0. The molecule has 1 aliphatic heterocycles. The highest BCUT2D eigenvalue weighted by Crippen LogP contribution is 2.37. The molecule has 5 N–H and O–H groups in total. The van der Waals surface area contributed by atoms with Crippen LogP contribution in [0.5, 0.6) is 0 Å². The first-order valence-electron chi connectivity index (χ1n) is 5.43. The molecule has 15 heavy (non-hydrogen) atoms. The highest BCUT2D eigenvalue weighted by molar-refractivity contribution is 5.69. The van der Waals surface area contributed by atoms with E-state index in [1.54, 1.807) is 0 Å². The molecule has 1 saturated carbocycles. The van der Waals surface area contributed by atoms with E-state index in [0.29, 0.717) is 13.1 Å². The summed E-state index contributed by atoms with van der Waals surface area (Å²) in [5, 5.41) is 8.77. The molecule has 5 nitrogen and oxygen atoms in total. The van der Waals surface area contributed by atoms with Gasteiger partial charge in [-0.1, -0.05) is 0 Å². The molecule has 1 saturated heterocycles. The van der Waals surface area contributed by atoms with E-state index in [0.717, 1.165) is 25.7 Å². The third-order valence-electron chi connectivity index (χ3n) is 3.49. The molecule has 86 valence electrons. The Kier molecular flexibility index (Phi) is 2.48. The fourth-order valence-electron chi connectivity index (χ4n) is 3.19. The summed E-state index contributed by atoms with van der Waals surface area (Å²) in [5.41, 5.74) is 11.9. The lowest BCUT2D eigenvalue weighted by molar-refractivity contribution is -0.139. The monoisotopic (exact) mass is 213 g/mol. The predicted molar refractivity (Wildman–Crippen MR) is 56.4 cm³/mol. The van der Waals surface area contributed by atoms with Gasteiger partial charge in [-0.05, 0) is 25.7 Å². The molecule has 1 aliphatic carbocycles. The Bertz CT molecular complexity index is 266. The Hall–Kier alpha value is -0.650. The van der Waals surface area contributed by atoms with Crippen LogP contribution in [0.3, 0.4) is 0 Å². The minimum absolute atomic E-state index is 0.0535. The second kappa shape index (κ2) is 3.43. The van der Waals surface area contributed by atoms with Crippen molar-refractivity contribution in [2.24, 2.45) is 11.5 Å². The minimum Gasteiger partial charge on any atom is -0.480 e. The summed E-state index contributed by atoms with van der Waals surface area (Å²) in [7, 11) is 0. The van der Waals surface area contributed by atoms with E-state index >= 15 is 0 Å². The van der Waals surface area contributed by atoms with Crippen LogP contribution in [0.25, 0.3) is 0 Å². The van der Waals surface area contributed by atoms with Gasteiger partial charge in [-0.2, -0.15) is 0 Å². The number of carbonyl (C=O) groups is 1. The number of likely N-dealkylation sites (tertiary alicyclic amines) is 1.